The summed E-state index contributed by atoms with van der Waals surface area (Å²) >= 11 is 0. The molecule has 46 heavy (non-hydrogen) atoms. The van der Waals surface area contributed by atoms with E-state index in [1.807, 2.05) is 78.9 Å². The average molecular weight is 620 g/mol. The lowest BCUT2D eigenvalue weighted by Gasteiger charge is -2.23. The number of aliphatic carboxylic acids is 1. The molecule has 0 aliphatic carbocycles. The first kappa shape index (κ1) is 31.3. The molecule has 0 saturated carbocycles. The predicted molar refractivity (Wildman–Crippen MR) is 177 cm³/mol. The van der Waals surface area contributed by atoms with Crippen LogP contribution >= 0.6 is 0 Å². The van der Waals surface area contributed by atoms with Crippen molar-refractivity contribution in [2.45, 2.75) is 13.0 Å². The number of nitrogens with one attached hydrogen (secondary N) is 3. The lowest BCUT2D eigenvalue weighted by atomic mass is 10.0. The number of carbonyl (C=O) groups excluding carboxylic acids is 1. The van der Waals surface area contributed by atoms with Gasteiger partial charge in [0.1, 0.15) is 11.5 Å². The number of hydrogen-bond acceptors (Lipinski definition) is 9. The van der Waals surface area contributed by atoms with Crippen molar-refractivity contribution in [3.8, 4) is 22.6 Å². The molecule has 0 spiro atoms. The van der Waals surface area contributed by atoms with Crippen molar-refractivity contribution < 1.29 is 24.2 Å². The summed E-state index contributed by atoms with van der Waals surface area (Å²) in [6.07, 6.45) is -0.168. The zero-order chi connectivity index (χ0) is 32.3. The van der Waals surface area contributed by atoms with Crippen LogP contribution in [0.2, 0.25) is 0 Å². The Balaban J connectivity index is 1.51. The lowest BCUT2D eigenvalue weighted by Crippen LogP contribution is -2.29. The molecule has 0 atom stereocenters. The number of benzene rings is 4. The van der Waals surface area contributed by atoms with Crippen molar-refractivity contribution in [1.82, 2.24) is 15.0 Å². The fourth-order valence-corrected chi connectivity index (χ4v) is 4.63. The van der Waals surface area contributed by atoms with Gasteiger partial charge in [0.05, 0.1) is 26.3 Å². The maximum absolute atomic E-state index is 13.1. The number of anilines is 5. The van der Waals surface area contributed by atoms with Crippen molar-refractivity contribution in [3.63, 3.8) is 0 Å². The van der Waals surface area contributed by atoms with Crippen LogP contribution in [0.15, 0.2) is 103 Å². The predicted octanol–water partition coefficient (Wildman–Crippen LogP) is 6.42. The molecule has 0 fully saturated rings. The number of amides is 2. The van der Waals surface area contributed by atoms with Gasteiger partial charge in [0.15, 0.2) is 0 Å². The fraction of sp³-hybridized carbons (Fsp3) is 0.147. The molecule has 12 heteroatoms. The van der Waals surface area contributed by atoms with Gasteiger partial charge in [-0.15, -0.1) is 0 Å². The Morgan fingerprint density at radius 3 is 2.13 bits per heavy atom. The molecule has 4 N–H and O–H groups in total. The zero-order valence-electron chi connectivity index (χ0n) is 25.3. The summed E-state index contributed by atoms with van der Waals surface area (Å²) < 4.78 is 10.6. The average Bonchev–Trinajstić information content (AvgIpc) is 3.07. The van der Waals surface area contributed by atoms with E-state index in [4.69, 9.17) is 9.47 Å². The molecule has 0 unspecified atom stereocenters. The zero-order valence-corrected chi connectivity index (χ0v) is 25.3. The second-order valence-corrected chi connectivity index (χ2v) is 10.0. The topological polar surface area (TPSA) is 151 Å². The van der Waals surface area contributed by atoms with E-state index in [0.29, 0.717) is 17.2 Å². The van der Waals surface area contributed by atoms with E-state index in [1.54, 1.807) is 36.3 Å². The quantitative estimate of drug-likeness (QED) is 0.116. The Labute approximate surface area is 266 Å². The molecular weight excluding hydrogens is 586 g/mol. The number of carboxylic acid groups (broad SMARTS) is 1. The summed E-state index contributed by atoms with van der Waals surface area (Å²) in [6, 6.07) is 31.3. The molecule has 12 nitrogen and oxygen atoms in total. The minimum absolute atomic E-state index is 0.0489. The van der Waals surface area contributed by atoms with Gasteiger partial charge in [0.2, 0.25) is 17.8 Å². The molecule has 1 heterocycles. The van der Waals surface area contributed by atoms with E-state index in [2.05, 4.69) is 30.9 Å². The van der Waals surface area contributed by atoms with Crippen LogP contribution in [0.4, 0.5) is 34.0 Å². The number of aromatic nitrogens is 3. The monoisotopic (exact) mass is 619 g/mol. The van der Waals surface area contributed by atoms with Gasteiger partial charge in [0, 0.05) is 24.3 Å². The smallest absolute Gasteiger partial charge is 0.326 e. The van der Waals surface area contributed by atoms with Crippen LogP contribution in [0.5, 0.6) is 11.5 Å². The number of para-hydroxylation sites is 3. The van der Waals surface area contributed by atoms with Crippen molar-refractivity contribution >= 4 is 41.2 Å². The first-order chi connectivity index (χ1) is 22.4. The summed E-state index contributed by atoms with van der Waals surface area (Å²) in [7, 11) is 3.10. The highest BCUT2D eigenvalue weighted by atomic mass is 16.5. The van der Waals surface area contributed by atoms with Crippen LogP contribution in [0, 0.1) is 0 Å². The second-order valence-electron chi connectivity index (χ2n) is 10.0. The molecule has 0 saturated heterocycles. The molecule has 4 aromatic carbocycles. The Kier molecular flexibility index (Phi) is 10.2. The van der Waals surface area contributed by atoms with Gasteiger partial charge in [-0.1, -0.05) is 72.8 Å². The first-order valence-electron chi connectivity index (χ1n) is 14.4. The summed E-state index contributed by atoms with van der Waals surface area (Å²) in [5, 5.41) is 18.2. The molecule has 234 valence electrons. The van der Waals surface area contributed by atoms with Crippen molar-refractivity contribution in [3.05, 3.63) is 109 Å². The highest BCUT2D eigenvalue weighted by molar-refractivity contribution is 5.99. The SMILES string of the molecule is COc1ccc(CN(CCC(=O)O)c2nc(NC(=O)Nc3ccccc3OC)nc(Nc3ccccc3-c3ccccc3)n2)cc1. The summed E-state index contributed by atoms with van der Waals surface area (Å²) in [5.74, 6) is 0.464. The Morgan fingerprint density at radius 2 is 1.41 bits per heavy atom. The minimum atomic E-state index is -0.974. The van der Waals surface area contributed by atoms with Gasteiger partial charge in [-0.25, -0.2) is 4.79 Å². The van der Waals surface area contributed by atoms with Gasteiger partial charge in [-0.05, 0) is 41.5 Å². The highest BCUT2D eigenvalue weighted by Gasteiger charge is 2.19. The Bertz CT molecular complexity index is 1790. The third kappa shape index (κ3) is 8.26. The minimum Gasteiger partial charge on any atom is -0.497 e. The van der Waals surface area contributed by atoms with Gasteiger partial charge in [-0.2, -0.15) is 15.0 Å². The number of urea groups is 1. The van der Waals surface area contributed by atoms with E-state index >= 15 is 0 Å². The maximum atomic E-state index is 13.1. The molecule has 0 bridgehead atoms. The highest BCUT2D eigenvalue weighted by Crippen LogP contribution is 2.30. The van der Waals surface area contributed by atoms with Crippen LogP contribution in [-0.4, -0.2) is 52.8 Å². The number of nitrogens with zero attached hydrogens (tertiary/aromatic N) is 4. The van der Waals surface area contributed by atoms with E-state index in [9.17, 15) is 14.7 Å². The number of carboxylic acids is 1. The van der Waals surface area contributed by atoms with Crippen LogP contribution in [0.3, 0.4) is 0 Å². The summed E-state index contributed by atoms with van der Waals surface area (Å²) in [6.45, 7) is 0.381. The number of carbonyl (C=O) groups is 2. The van der Waals surface area contributed by atoms with Crippen LogP contribution < -0.4 is 30.3 Å². The van der Waals surface area contributed by atoms with Crippen LogP contribution in [0.25, 0.3) is 11.1 Å². The van der Waals surface area contributed by atoms with Crippen molar-refractivity contribution in [1.29, 1.82) is 0 Å². The van der Waals surface area contributed by atoms with E-state index in [-0.39, 0.29) is 37.4 Å². The van der Waals surface area contributed by atoms with Gasteiger partial charge < -0.3 is 30.1 Å². The van der Waals surface area contributed by atoms with E-state index < -0.39 is 12.0 Å². The number of rotatable bonds is 13. The van der Waals surface area contributed by atoms with Crippen LogP contribution in [0.1, 0.15) is 12.0 Å². The van der Waals surface area contributed by atoms with Crippen molar-refractivity contribution in [2.75, 3.05) is 41.6 Å². The second kappa shape index (κ2) is 15.0. The number of ether oxygens (including phenoxy) is 2. The van der Waals surface area contributed by atoms with Crippen LogP contribution in [-0.2, 0) is 11.3 Å². The number of hydrogen-bond donors (Lipinski definition) is 4. The first-order valence-corrected chi connectivity index (χ1v) is 14.4. The molecule has 1 aromatic heterocycles. The Morgan fingerprint density at radius 1 is 0.739 bits per heavy atom. The van der Waals surface area contributed by atoms with E-state index in [0.717, 1.165) is 22.4 Å². The number of methoxy groups -OCH3 is 2. The molecule has 0 aliphatic rings. The molecular formula is C34H33N7O5. The summed E-state index contributed by atoms with van der Waals surface area (Å²) in [4.78, 5) is 40.1. The third-order valence-electron chi connectivity index (χ3n) is 6.87. The standard InChI is InChI=1S/C34H33N7O5/c1-45-25-18-16-23(17-19-25)22-41(21-20-30(42)43)33-38-31(35-27-13-7-6-12-26(27)24-10-4-3-5-11-24)37-32(39-33)40-34(44)36-28-14-8-9-15-29(28)46-2/h3-19H,20-22H2,1-2H3,(H,42,43)(H3,35,36,37,38,39,40,44). The fourth-order valence-electron chi connectivity index (χ4n) is 4.63. The van der Waals surface area contributed by atoms with Crippen molar-refractivity contribution in [2.24, 2.45) is 0 Å². The van der Waals surface area contributed by atoms with Gasteiger partial charge in [-0.3, -0.25) is 10.1 Å². The molecule has 2 amide bonds. The van der Waals surface area contributed by atoms with E-state index in [1.165, 1.54) is 7.11 Å². The van der Waals surface area contributed by atoms with Gasteiger partial charge in [0.25, 0.3) is 0 Å². The summed E-state index contributed by atoms with van der Waals surface area (Å²) in [5.41, 5.74) is 3.95. The largest absolute Gasteiger partial charge is 0.497 e. The Hall–Kier alpha value is -6.17. The normalized spacial score (nSPS) is 10.5. The molecule has 5 rings (SSSR count). The lowest BCUT2D eigenvalue weighted by molar-refractivity contribution is -0.136. The third-order valence-corrected chi connectivity index (χ3v) is 6.87. The molecule has 0 aliphatic heterocycles. The molecule has 5 aromatic rings. The molecule has 0 radical (unpaired) electrons. The van der Waals surface area contributed by atoms with Gasteiger partial charge >= 0.3 is 12.0 Å². The maximum Gasteiger partial charge on any atom is 0.326 e.